The molecular formula is C8H7ClN4O5S2. The molecule has 0 bridgehead atoms. The number of hydrogen-bond acceptors (Lipinski definition) is 8. The molecule has 12 heteroatoms. The van der Waals surface area contributed by atoms with Gasteiger partial charge in [-0.1, -0.05) is 16.8 Å². The van der Waals surface area contributed by atoms with Crippen molar-refractivity contribution in [3.63, 3.8) is 0 Å². The third kappa shape index (κ3) is 3.12. The van der Waals surface area contributed by atoms with Crippen molar-refractivity contribution < 1.29 is 17.9 Å². The molecule has 0 fully saturated rings. The third-order valence-electron chi connectivity index (χ3n) is 2.10. The maximum atomic E-state index is 11.9. The van der Waals surface area contributed by atoms with E-state index in [4.69, 9.17) is 11.6 Å². The molecule has 0 aliphatic rings. The standard InChI is InChI=1S/C8H7ClN4O5S2/c1-4-11-6(12-18-4)3-10-20(16,17)7-2-5(13(14)15)8(9)19-7/h2,10H,3H2,1H3. The quantitative estimate of drug-likeness (QED) is 0.645. The molecule has 0 aliphatic carbocycles. The van der Waals surface area contributed by atoms with Gasteiger partial charge in [0.15, 0.2) is 10.2 Å². The molecular weight excluding hydrogens is 332 g/mol. The van der Waals surface area contributed by atoms with Gasteiger partial charge in [-0.2, -0.15) is 4.98 Å². The summed E-state index contributed by atoms with van der Waals surface area (Å²) in [6.45, 7) is 1.37. The molecule has 20 heavy (non-hydrogen) atoms. The van der Waals surface area contributed by atoms with Gasteiger partial charge >= 0.3 is 0 Å². The zero-order valence-electron chi connectivity index (χ0n) is 9.86. The van der Waals surface area contributed by atoms with Gasteiger partial charge in [-0.05, 0) is 0 Å². The van der Waals surface area contributed by atoms with Gasteiger partial charge in [-0.25, -0.2) is 13.1 Å². The Morgan fingerprint density at radius 2 is 2.30 bits per heavy atom. The van der Waals surface area contributed by atoms with Crippen molar-refractivity contribution >= 4 is 38.6 Å². The summed E-state index contributed by atoms with van der Waals surface area (Å²) in [5.74, 6) is 0.456. The first-order valence-electron chi connectivity index (χ1n) is 5.02. The second-order valence-corrected chi connectivity index (χ2v) is 7.18. The van der Waals surface area contributed by atoms with Crippen LogP contribution in [0.3, 0.4) is 0 Å². The van der Waals surface area contributed by atoms with E-state index in [2.05, 4.69) is 19.4 Å². The highest BCUT2D eigenvalue weighted by Crippen LogP contribution is 2.36. The van der Waals surface area contributed by atoms with Crippen LogP contribution in [0.5, 0.6) is 0 Å². The minimum absolute atomic E-state index is 0.156. The molecule has 2 aromatic heterocycles. The lowest BCUT2D eigenvalue weighted by atomic mass is 10.6. The van der Waals surface area contributed by atoms with Crippen molar-refractivity contribution in [2.24, 2.45) is 0 Å². The molecule has 0 atom stereocenters. The zero-order chi connectivity index (χ0) is 14.9. The molecule has 2 heterocycles. The predicted octanol–water partition coefficient (Wildman–Crippen LogP) is 1.48. The van der Waals surface area contributed by atoms with Gasteiger partial charge in [0.1, 0.15) is 4.21 Å². The van der Waals surface area contributed by atoms with E-state index in [0.29, 0.717) is 17.2 Å². The number of aromatic nitrogens is 2. The SMILES string of the molecule is Cc1nc(CNS(=O)(=O)c2cc([N+](=O)[O-])c(Cl)s2)no1. The summed E-state index contributed by atoms with van der Waals surface area (Å²) < 4.78 is 30.3. The van der Waals surface area contributed by atoms with E-state index in [0.717, 1.165) is 6.07 Å². The fourth-order valence-corrected chi connectivity index (χ4v) is 3.93. The number of halogens is 1. The molecule has 2 rings (SSSR count). The first-order chi connectivity index (χ1) is 9.29. The number of nitro groups is 1. The van der Waals surface area contributed by atoms with Crippen molar-refractivity contribution in [1.82, 2.24) is 14.9 Å². The Kier molecular flexibility index (Phi) is 4.04. The van der Waals surface area contributed by atoms with Crippen molar-refractivity contribution in [3.8, 4) is 0 Å². The molecule has 0 unspecified atom stereocenters. The molecule has 0 radical (unpaired) electrons. The number of hydrogen-bond donors (Lipinski definition) is 1. The molecule has 9 nitrogen and oxygen atoms in total. The van der Waals surface area contributed by atoms with E-state index >= 15 is 0 Å². The summed E-state index contributed by atoms with van der Waals surface area (Å²) in [5.41, 5.74) is -0.451. The van der Waals surface area contributed by atoms with E-state index < -0.39 is 20.6 Å². The molecule has 0 aromatic carbocycles. The van der Waals surface area contributed by atoms with Gasteiger partial charge in [0.25, 0.3) is 15.7 Å². The Hall–Kier alpha value is -1.56. The van der Waals surface area contributed by atoms with Crippen molar-refractivity contribution in [2.45, 2.75) is 17.7 Å². The van der Waals surface area contributed by atoms with Crippen LogP contribution in [-0.2, 0) is 16.6 Å². The summed E-state index contributed by atoms with van der Waals surface area (Å²) in [7, 11) is -3.93. The van der Waals surface area contributed by atoms with E-state index in [1.165, 1.54) is 0 Å². The summed E-state index contributed by atoms with van der Waals surface area (Å²) in [5, 5.41) is 14.1. The fraction of sp³-hybridized carbons (Fsp3) is 0.250. The van der Waals surface area contributed by atoms with Crippen molar-refractivity contribution in [1.29, 1.82) is 0 Å². The highest BCUT2D eigenvalue weighted by Gasteiger charge is 2.25. The number of rotatable bonds is 5. The van der Waals surface area contributed by atoms with Crippen molar-refractivity contribution in [2.75, 3.05) is 0 Å². The molecule has 0 aliphatic heterocycles. The molecule has 0 amide bonds. The van der Waals surface area contributed by atoms with Gasteiger partial charge in [0.2, 0.25) is 5.89 Å². The second kappa shape index (κ2) is 5.44. The predicted molar refractivity (Wildman–Crippen MR) is 69.0 cm³/mol. The van der Waals surface area contributed by atoms with Crippen molar-refractivity contribution in [3.05, 3.63) is 32.2 Å². The van der Waals surface area contributed by atoms with Gasteiger partial charge < -0.3 is 4.52 Å². The molecule has 1 N–H and O–H groups in total. The third-order valence-corrected chi connectivity index (χ3v) is 5.31. The summed E-state index contributed by atoms with van der Waals surface area (Å²) in [4.78, 5) is 13.7. The van der Waals surface area contributed by atoms with E-state index in [1.807, 2.05) is 0 Å². The van der Waals surface area contributed by atoms with Crippen LogP contribution in [0.15, 0.2) is 14.8 Å². The topological polar surface area (TPSA) is 128 Å². The second-order valence-electron chi connectivity index (χ2n) is 3.54. The summed E-state index contributed by atoms with van der Waals surface area (Å²) in [6.07, 6.45) is 0. The van der Waals surface area contributed by atoms with E-state index in [1.54, 1.807) is 6.92 Å². The van der Waals surface area contributed by atoms with Crippen LogP contribution in [0.25, 0.3) is 0 Å². The first-order valence-corrected chi connectivity index (χ1v) is 7.70. The Balaban J connectivity index is 2.18. The lowest BCUT2D eigenvalue weighted by Crippen LogP contribution is -2.23. The normalized spacial score (nSPS) is 11.7. The average molecular weight is 339 g/mol. The largest absolute Gasteiger partial charge is 0.340 e. The Labute approximate surface area is 121 Å². The molecule has 0 spiro atoms. The Bertz CT molecular complexity index is 753. The van der Waals surface area contributed by atoms with Gasteiger partial charge in [0.05, 0.1) is 11.5 Å². The lowest BCUT2D eigenvalue weighted by molar-refractivity contribution is -0.384. The lowest BCUT2D eigenvalue weighted by Gasteiger charge is -2.00. The number of nitrogens with zero attached hydrogens (tertiary/aromatic N) is 3. The van der Waals surface area contributed by atoms with Crippen LogP contribution in [0, 0.1) is 17.0 Å². The maximum absolute atomic E-state index is 11.9. The molecule has 2 aromatic rings. The highest BCUT2D eigenvalue weighted by molar-refractivity contribution is 7.91. The monoisotopic (exact) mass is 338 g/mol. The van der Waals surface area contributed by atoms with Crippen LogP contribution < -0.4 is 4.72 Å². The fourth-order valence-electron chi connectivity index (χ4n) is 1.24. The van der Waals surface area contributed by atoms with Crippen LogP contribution in [0.4, 0.5) is 5.69 Å². The minimum atomic E-state index is -3.93. The summed E-state index contributed by atoms with van der Waals surface area (Å²) in [6, 6.07) is 0.900. The number of aryl methyl sites for hydroxylation is 1. The summed E-state index contributed by atoms with van der Waals surface area (Å²) >= 11 is 6.21. The minimum Gasteiger partial charge on any atom is -0.340 e. The number of nitrogens with one attached hydrogen (secondary N) is 1. The molecule has 0 saturated carbocycles. The van der Waals surface area contributed by atoms with Crippen LogP contribution in [0.2, 0.25) is 4.34 Å². The first kappa shape index (κ1) is 14.8. The number of sulfonamides is 1. The van der Waals surface area contributed by atoms with Gasteiger partial charge in [-0.3, -0.25) is 10.1 Å². The highest BCUT2D eigenvalue weighted by atomic mass is 35.5. The Morgan fingerprint density at radius 3 is 2.80 bits per heavy atom. The van der Waals surface area contributed by atoms with Crippen LogP contribution >= 0.6 is 22.9 Å². The molecule has 108 valence electrons. The van der Waals surface area contributed by atoms with Gasteiger partial charge in [0, 0.05) is 13.0 Å². The van der Waals surface area contributed by atoms with Crippen LogP contribution in [-0.4, -0.2) is 23.5 Å². The average Bonchev–Trinajstić information content (AvgIpc) is 2.93. The molecule has 0 saturated heterocycles. The maximum Gasteiger partial charge on any atom is 0.300 e. The smallest absolute Gasteiger partial charge is 0.300 e. The van der Waals surface area contributed by atoms with E-state index in [-0.39, 0.29) is 20.9 Å². The number of thiophene rings is 1. The Morgan fingerprint density at radius 1 is 1.60 bits per heavy atom. The van der Waals surface area contributed by atoms with Crippen LogP contribution in [0.1, 0.15) is 11.7 Å². The van der Waals surface area contributed by atoms with E-state index in [9.17, 15) is 18.5 Å². The van der Waals surface area contributed by atoms with Gasteiger partial charge in [-0.15, -0.1) is 11.3 Å². The zero-order valence-corrected chi connectivity index (χ0v) is 12.3.